The molecule has 0 saturated carbocycles. The highest BCUT2D eigenvalue weighted by atomic mass is 15.3. The van der Waals surface area contributed by atoms with Crippen LogP contribution in [0.5, 0.6) is 0 Å². The summed E-state index contributed by atoms with van der Waals surface area (Å²) < 4.78 is 0. The second-order valence-corrected chi connectivity index (χ2v) is 7.76. The number of hydrogen-bond acceptors (Lipinski definition) is 2. The van der Waals surface area contributed by atoms with Crippen molar-refractivity contribution in [3.8, 4) is 0 Å². The quantitative estimate of drug-likeness (QED) is 0.843. The van der Waals surface area contributed by atoms with Crippen molar-refractivity contribution in [1.29, 1.82) is 0 Å². The SMILES string of the molecule is Cc1ccc([C@H]2CN(C3CCc4ccccc43)C[C@@H]2N(C)C)cc1. The second-order valence-electron chi connectivity index (χ2n) is 7.76. The van der Waals surface area contributed by atoms with Crippen molar-refractivity contribution in [2.45, 2.75) is 37.8 Å². The highest BCUT2D eigenvalue weighted by Gasteiger charge is 2.40. The lowest BCUT2D eigenvalue weighted by Crippen LogP contribution is -2.35. The van der Waals surface area contributed by atoms with Crippen molar-refractivity contribution in [3.63, 3.8) is 0 Å². The Bertz CT molecular complexity index is 704. The fraction of sp³-hybridized carbons (Fsp3) is 0.455. The monoisotopic (exact) mass is 320 g/mol. The third-order valence-electron chi connectivity index (χ3n) is 6.03. The first-order valence-corrected chi connectivity index (χ1v) is 9.18. The molecule has 24 heavy (non-hydrogen) atoms. The highest BCUT2D eigenvalue weighted by molar-refractivity contribution is 5.35. The van der Waals surface area contributed by atoms with Crippen molar-refractivity contribution in [2.24, 2.45) is 0 Å². The van der Waals surface area contributed by atoms with Gasteiger partial charge in [-0.25, -0.2) is 0 Å². The van der Waals surface area contributed by atoms with Gasteiger partial charge in [0.05, 0.1) is 0 Å². The van der Waals surface area contributed by atoms with Gasteiger partial charge in [0, 0.05) is 31.1 Å². The molecule has 1 aliphatic carbocycles. The minimum atomic E-state index is 0.598. The summed E-state index contributed by atoms with van der Waals surface area (Å²) >= 11 is 0. The number of benzene rings is 2. The van der Waals surface area contributed by atoms with Gasteiger partial charge in [-0.15, -0.1) is 0 Å². The summed E-state index contributed by atoms with van der Waals surface area (Å²) in [5.41, 5.74) is 5.97. The third-order valence-corrected chi connectivity index (χ3v) is 6.03. The van der Waals surface area contributed by atoms with Gasteiger partial charge in [-0.2, -0.15) is 0 Å². The molecule has 0 radical (unpaired) electrons. The molecule has 1 saturated heterocycles. The Morgan fingerprint density at radius 2 is 1.71 bits per heavy atom. The molecule has 0 spiro atoms. The Morgan fingerprint density at radius 3 is 2.46 bits per heavy atom. The smallest absolute Gasteiger partial charge is 0.0354 e. The molecule has 2 aliphatic rings. The van der Waals surface area contributed by atoms with E-state index in [9.17, 15) is 0 Å². The van der Waals surface area contributed by atoms with Crippen LogP contribution in [0.15, 0.2) is 48.5 Å². The third kappa shape index (κ3) is 2.78. The number of likely N-dealkylation sites (tertiary alicyclic amines) is 1. The predicted molar refractivity (Wildman–Crippen MR) is 100 cm³/mol. The zero-order valence-electron chi connectivity index (χ0n) is 15.1. The number of rotatable bonds is 3. The van der Waals surface area contributed by atoms with E-state index in [4.69, 9.17) is 0 Å². The Kier molecular flexibility index (Phi) is 4.19. The van der Waals surface area contributed by atoms with Gasteiger partial charge in [-0.3, -0.25) is 4.90 Å². The van der Waals surface area contributed by atoms with Crippen LogP contribution in [0, 0.1) is 6.92 Å². The average molecular weight is 320 g/mol. The molecular weight excluding hydrogens is 292 g/mol. The second kappa shape index (κ2) is 6.34. The molecule has 2 aromatic rings. The van der Waals surface area contributed by atoms with Gasteiger partial charge in [0.2, 0.25) is 0 Å². The molecule has 3 atom stereocenters. The predicted octanol–water partition coefficient (Wildman–Crippen LogP) is 4.01. The molecule has 0 N–H and O–H groups in total. The number of fused-ring (bicyclic) bond motifs is 1. The van der Waals surface area contributed by atoms with Crippen molar-refractivity contribution in [1.82, 2.24) is 9.80 Å². The van der Waals surface area contributed by atoms with Crippen molar-refractivity contribution < 1.29 is 0 Å². The van der Waals surface area contributed by atoms with Gasteiger partial charge in [0.1, 0.15) is 0 Å². The lowest BCUT2D eigenvalue weighted by molar-refractivity contribution is 0.216. The van der Waals surface area contributed by atoms with E-state index in [-0.39, 0.29) is 0 Å². The molecule has 0 aromatic heterocycles. The molecule has 1 fully saturated rings. The normalized spacial score (nSPS) is 26.9. The van der Waals surface area contributed by atoms with Gasteiger partial charge in [-0.1, -0.05) is 54.1 Å². The molecule has 4 rings (SSSR count). The number of hydrogen-bond donors (Lipinski definition) is 0. The van der Waals surface area contributed by atoms with Crippen LogP contribution in [0.1, 0.15) is 40.6 Å². The molecule has 1 unspecified atom stereocenters. The van der Waals surface area contributed by atoms with E-state index in [1.807, 2.05) is 0 Å². The van der Waals surface area contributed by atoms with E-state index in [1.165, 1.54) is 37.1 Å². The lowest BCUT2D eigenvalue weighted by Gasteiger charge is -2.26. The van der Waals surface area contributed by atoms with E-state index in [2.05, 4.69) is 79.3 Å². The number of nitrogens with zero attached hydrogens (tertiary/aromatic N) is 2. The van der Waals surface area contributed by atoms with Crippen LogP contribution in [0.3, 0.4) is 0 Å². The standard InChI is InChI=1S/C22H28N2/c1-16-8-10-18(11-9-16)20-14-24(15-22(20)23(2)3)21-13-12-17-6-4-5-7-19(17)21/h4-11,20-22H,12-15H2,1-3H3/t20-,21?,22+/m1/s1. The van der Waals surface area contributed by atoms with E-state index in [0.717, 1.165) is 0 Å². The largest absolute Gasteiger partial charge is 0.305 e. The summed E-state index contributed by atoms with van der Waals surface area (Å²) in [5.74, 6) is 0.605. The van der Waals surface area contributed by atoms with E-state index in [0.29, 0.717) is 18.0 Å². The maximum absolute atomic E-state index is 2.74. The summed E-state index contributed by atoms with van der Waals surface area (Å²) in [5, 5.41) is 0. The molecule has 0 amide bonds. The molecule has 1 heterocycles. The van der Waals surface area contributed by atoms with Crippen LogP contribution < -0.4 is 0 Å². The molecule has 2 nitrogen and oxygen atoms in total. The van der Waals surface area contributed by atoms with Crippen LogP contribution in [0.4, 0.5) is 0 Å². The average Bonchev–Trinajstić information content (AvgIpc) is 3.19. The fourth-order valence-electron chi connectivity index (χ4n) is 4.65. The maximum atomic E-state index is 2.74. The minimum Gasteiger partial charge on any atom is -0.305 e. The minimum absolute atomic E-state index is 0.598. The molecule has 126 valence electrons. The molecule has 2 heteroatoms. The van der Waals surface area contributed by atoms with Gasteiger partial charge >= 0.3 is 0 Å². The van der Waals surface area contributed by atoms with Crippen LogP contribution in [0.25, 0.3) is 0 Å². The summed E-state index contributed by atoms with van der Waals surface area (Å²) in [4.78, 5) is 5.16. The Morgan fingerprint density at radius 1 is 0.958 bits per heavy atom. The topological polar surface area (TPSA) is 6.48 Å². The molecule has 0 bridgehead atoms. The van der Waals surface area contributed by atoms with Crippen molar-refractivity contribution >= 4 is 0 Å². The Labute approximate surface area is 146 Å². The van der Waals surface area contributed by atoms with Crippen LogP contribution in [-0.2, 0) is 6.42 Å². The number of likely N-dealkylation sites (N-methyl/N-ethyl adjacent to an activating group) is 1. The Hall–Kier alpha value is -1.64. The molecule has 1 aliphatic heterocycles. The fourth-order valence-corrected chi connectivity index (χ4v) is 4.65. The summed E-state index contributed by atoms with van der Waals surface area (Å²) in [6.45, 7) is 4.51. The summed E-state index contributed by atoms with van der Waals surface area (Å²) in [6.07, 6.45) is 2.51. The number of aryl methyl sites for hydroxylation is 2. The van der Waals surface area contributed by atoms with E-state index >= 15 is 0 Å². The van der Waals surface area contributed by atoms with Crippen molar-refractivity contribution in [3.05, 3.63) is 70.8 Å². The van der Waals surface area contributed by atoms with Gasteiger partial charge in [-0.05, 0) is 50.6 Å². The van der Waals surface area contributed by atoms with Gasteiger partial charge in [0.25, 0.3) is 0 Å². The first kappa shape index (κ1) is 15.9. The Balaban J connectivity index is 1.60. The first-order chi connectivity index (χ1) is 11.6. The van der Waals surface area contributed by atoms with E-state index in [1.54, 1.807) is 11.1 Å². The summed E-state index contributed by atoms with van der Waals surface area (Å²) in [7, 11) is 4.47. The maximum Gasteiger partial charge on any atom is 0.0354 e. The first-order valence-electron chi connectivity index (χ1n) is 9.18. The summed E-state index contributed by atoms with van der Waals surface area (Å²) in [6, 6.07) is 19.4. The van der Waals surface area contributed by atoms with Crippen LogP contribution >= 0.6 is 0 Å². The van der Waals surface area contributed by atoms with Crippen LogP contribution in [0.2, 0.25) is 0 Å². The van der Waals surface area contributed by atoms with Gasteiger partial charge < -0.3 is 4.90 Å². The van der Waals surface area contributed by atoms with E-state index < -0.39 is 0 Å². The van der Waals surface area contributed by atoms with Gasteiger partial charge in [0.15, 0.2) is 0 Å². The zero-order valence-corrected chi connectivity index (χ0v) is 15.1. The van der Waals surface area contributed by atoms with Crippen LogP contribution in [-0.4, -0.2) is 43.0 Å². The molecule has 2 aromatic carbocycles. The zero-order chi connectivity index (χ0) is 16.7. The lowest BCUT2D eigenvalue weighted by atomic mass is 9.93. The highest BCUT2D eigenvalue weighted by Crippen LogP contribution is 2.41. The van der Waals surface area contributed by atoms with Crippen molar-refractivity contribution in [2.75, 3.05) is 27.2 Å². The molecular formula is C22H28N2.